The molecule has 0 saturated carbocycles. The molecule has 0 amide bonds. The molecular formula is C15H29N3O. The molecule has 4 heteroatoms. The minimum absolute atomic E-state index is 0.351. The molecule has 0 fully saturated rings. The minimum atomic E-state index is 0.351. The Morgan fingerprint density at radius 3 is 2.53 bits per heavy atom. The number of aryl methyl sites for hydroxylation is 2. The van der Waals surface area contributed by atoms with Crippen LogP contribution in [0.25, 0.3) is 0 Å². The summed E-state index contributed by atoms with van der Waals surface area (Å²) in [5.41, 5.74) is 3.70. The molecule has 0 aliphatic carbocycles. The van der Waals surface area contributed by atoms with Gasteiger partial charge in [0.25, 0.3) is 0 Å². The van der Waals surface area contributed by atoms with Gasteiger partial charge in [-0.15, -0.1) is 0 Å². The van der Waals surface area contributed by atoms with Crippen molar-refractivity contribution in [3.8, 4) is 0 Å². The third-order valence-corrected chi connectivity index (χ3v) is 3.56. The van der Waals surface area contributed by atoms with E-state index < -0.39 is 0 Å². The lowest BCUT2D eigenvalue weighted by molar-refractivity contribution is 0.128. The fourth-order valence-corrected chi connectivity index (χ4v) is 2.36. The standard InChI is InChI=1S/C15H29N3O/c1-6-7-10-19-11-8-9-16-12(2)15-13(3)17-18(5)14(15)4/h12,16H,6-11H2,1-5H3. The Morgan fingerprint density at radius 1 is 1.26 bits per heavy atom. The highest BCUT2D eigenvalue weighted by atomic mass is 16.5. The van der Waals surface area contributed by atoms with Crippen molar-refractivity contribution in [2.45, 2.75) is 53.0 Å². The van der Waals surface area contributed by atoms with Crippen molar-refractivity contribution in [3.05, 3.63) is 17.0 Å². The third kappa shape index (κ3) is 4.96. The van der Waals surface area contributed by atoms with Crippen LogP contribution in [0.1, 0.15) is 56.1 Å². The van der Waals surface area contributed by atoms with E-state index in [-0.39, 0.29) is 0 Å². The largest absolute Gasteiger partial charge is 0.381 e. The molecule has 0 aliphatic heterocycles. The van der Waals surface area contributed by atoms with E-state index in [0.717, 1.165) is 38.3 Å². The van der Waals surface area contributed by atoms with Crippen molar-refractivity contribution in [2.75, 3.05) is 19.8 Å². The van der Waals surface area contributed by atoms with E-state index >= 15 is 0 Å². The highest BCUT2D eigenvalue weighted by molar-refractivity contribution is 5.27. The van der Waals surface area contributed by atoms with Crippen molar-refractivity contribution in [1.29, 1.82) is 0 Å². The van der Waals surface area contributed by atoms with Gasteiger partial charge in [-0.1, -0.05) is 13.3 Å². The smallest absolute Gasteiger partial charge is 0.0644 e. The Morgan fingerprint density at radius 2 is 1.95 bits per heavy atom. The van der Waals surface area contributed by atoms with Gasteiger partial charge in [-0.25, -0.2) is 0 Å². The number of unbranched alkanes of at least 4 members (excludes halogenated alkanes) is 1. The summed E-state index contributed by atoms with van der Waals surface area (Å²) in [5.74, 6) is 0. The molecule has 110 valence electrons. The molecule has 1 unspecified atom stereocenters. The van der Waals surface area contributed by atoms with Crippen molar-refractivity contribution in [2.24, 2.45) is 7.05 Å². The van der Waals surface area contributed by atoms with Gasteiger partial charge in [-0.3, -0.25) is 4.68 Å². The second-order valence-corrected chi connectivity index (χ2v) is 5.20. The van der Waals surface area contributed by atoms with Gasteiger partial charge in [0.15, 0.2) is 0 Å². The molecule has 1 aromatic rings. The predicted molar refractivity (Wildman–Crippen MR) is 79.4 cm³/mol. The van der Waals surface area contributed by atoms with E-state index in [1.807, 2.05) is 11.7 Å². The lowest BCUT2D eigenvalue weighted by atomic mass is 10.1. The Kier molecular flexibility index (Phi) is 7.10. The number of ether oxygens (including phenoxy) is 1. The summed E-state index contributed by atoms with van der Waals surface area (Å²) < 4.78 is 7.51. The van der Waals surface area contributed by atoms with Crippen LogP contribution in [0.5, 0.6) is 0 Å². The van der Waals surface area contributed by atoms with Crippen LogP contribution >= 0.6 is 0 Å². The van der Waals surface area contributed by atoms with Crippen LogP contribution in [0.3, 0.4) is 0 Å². The van der Waals surface area contributed by atoms with Crippen molar-refractivity contribution < 1.29 is 4.74 Å². The van der Waals surface area contributed by atoms with Gasteiger partial charge in [0.05, 0.1) is 5.69 Å². The normalized spacial score (nSPS) is 12.9. The van der Waals surface area contributed by atoms with Crippen LogP contribution in [-0.4, -0.2) is 29.5 Å². The number of nitrogens with zero attached hydrogens (tertiary/aromatic N) is 2. The van der Waals surface area contributed by atoms with Crippen LogP contribution in [-0.2, 0) is 11.8 Å². The van der Waals surface area contributed by atoms with Crippen LogP contribution in [0.15, 0.2) is 0 Å². The number of hydrogen-bond acceptors (Lipinski definition) is 3. The molecule has 1 heterocycles. The van der Waals surface area contributed by atoms with Gasteiger partial charge in [0.2, 0.25) is 0 Å². The molecule has 0 aromatic carbocycles. The number of rotatable bonds is 9. The van der Waals surface area contributed by atoms with Gasteiger partial charge in [-0.05, 0) is 40.2 Å². The number of hydrogen-bond donors (Lipinski definition) is 1. The van der Waals surface area contributed by atoms with Gasteiger partial charge < -0.3 is 10.1 Å². The molecule has 19 heavy (non-hydrogen) atoms. The van der Waals surface area contributed by atoms with E-state index in [2.05, 4.69) is 38.1 Å². The second kappa shape index (κ2) is 8.33. The fourth-order valence-electron chi connectivity index (χ4n) is 2.36. The molecule has 1 N–H and O–H groups in total. The van der Waals surface area contributed by atoms with E-state index in [4.69, 9.17) is 4.74 Å². The first-order valence-electron chi connectivity index (χ1n) is 7.39. The minimum Gasteiger partial charge on any atom is -0.381 e. The highest BCUT2D eigenvalue weighted by Crippen LogP contribution is 2.20. The van der Waals surface area contributed by atoms with Crippen LogP contribution < -0.4 is 5.32 Å². The van der Waals surface area contributed by atoms with E-state index in [1.54, 1.807) is 0 Å². The molecule has 0 radical (unpaired) electrons. The number of aromatic nitrogens is 2. The molecule has 0 aliphatic rings. The van der Waals surface area contributed by atoms with E-state index in [0.29, 0.717) is 6.04 Å². The Balaban J connectivity index is 2.26. The molecule has 1 aromatic heterocycles. The van der Waals surface area contributed by atoms with Crippen LogP contribution in [0, 0.1) is 13.8 Å². The Hall–Kier alpha value is -0.870. The molecule has 4 nitrogen and oxygen atoms in total. The van der Waals surface area contributed by atoms with Crippen LogP contribution in [0.2, 0.25) is 0 Å². The lowest BCUT2D eigenvalue weighted by Gasteiger charge is -2.14. The molecule has 0 spiro atoms. The Bertz CT molecular complexity index is 374. The second-order valence-electron chi connectivity index (χ2n) is 5.20. The summed E-state index contributed by atoms with van der Waals surface area (Å²) in [7, 11) is 2.00. The average molecular weight is 267 g/mol. The van der Waals surface area contributed by atoms with Gasteiger partial charge in [-0.2, -0.15) is 5.10 Å². The molecular weight excluding hydrogens is 238 g/mol. The zero-order valence-electron chi connectivity index (χ0n) is 13.1. The van der Waals surface area contributed by atoms with Gasteiger partial charge >= 0.3 is 0 Å². The zero-order chi connectivity index (χ0) is 14.3. The lowest BCUT2D eigenvalue weighted by Crippen LogP contribution is -2.22. The maximum Gasteiger partial charge on any atom is 0.0644 e. The van der Waals surface area contributed by atoms with Crippen LogP contribution in [0.4, 0.5) is 0 Å². The first-order chi connectivity index (χ1) is 9.07. The average Bonchev–Trinajstić information content (AvgIpc) is 2.62. The predicted octanol–water partition coefficient (Wildman–Crippen LogP) is 2.89. The first kappa shape index (κ1) is 16.2. The Labute approximate surface area is 117 Å². The quantitative estimate of drug-likeness (QED) is 0.699. The van der Waals surface area contributed by atoms with Gasteiger partial charge in [0, 0.05) is 37.6 Å². The first-order valence-corrected chi connectivity index (χ1v) is 7.39. The summed E-state index contributed by atoms with van der Waals surface area (Å²) in [6.45, 7) is 11.3. The van der Waals surface area contributed by atoms with Gasteiger partial charge in [0.1, 0.15) is 0 Å². The van der Waals surface area contributed by atoms with E-state index in [9.17, 15) is 0 Å². The third-order valence-electron chi connectivity index (χ3n) is 3.56. The van der Waals surface area contributed by atoms with Crippen molar-refractivity contribution in [1.82, 2.24) is 15.1 Å². The molecule has 0 saturated heterocycles. The molecule has 1 atom stereocenters. The topological polar surface area (TPSA) is 39.1 Å². The SMILES string of the molecule is CCCCOCCCNC(C)c1c(C)nn(C)c1C. The summed E-state index contributed by atoms with van der Waals surface area (Å²) in [4.78, 5) is 0. The summed E-state index contributed by atoms with van der Waals surface area (Å²) in [5, 5.41) is 8.01. The number of nitrogens with one attached hydrogen (secondary N) is 1. The maximum atomic E-state index is 5.56. The molecule has 1 rings (SSSR count). The van der Waals surface area contributed by atoms with Crippen molar-refractivity contribution in [3.63, 3.8) is 0 Å². The van der Waals surface area contributed by atoms with E-state index in [1.165, 1.54) is 17.7 Å². The summed E-state index contributed by atoms with van der Waals surface area (Å²) in [6.07, 6.45) is 3.43. The zero-order valence-corrected chi connectivity index (χ0v) is 13.1. The highest BCUT2D eigenvalue weighted by Gasteiger charge is 2.15. The summed E-state index contributed by atoms with van der Waals surface area (Å²) in [6, 6.07) is 0.351. The van der Waals surface area contributed by atoms with Crippen molar-refractivity contribution >= 4 is 0 Å². The summed E-state index contributed by atoms with van der Waals surface area (Å²) >= 11 is 0. The monoisotopic (exact) mass is 267 g/mol. The molecule has 0 bridgehead atoms. The maximum absolute atomic E-state index is 5.56. The fraction of sp³-hybridized carbons (Fsp3) is 0.800.